The maximum absolute atomic E-state index is 12.5. The minimum atomic E-state index is -4.24. The molecule has 0 amide bonds. The van der Waals surface area contributed by atoms with E-state index in [0.29, 0.717) is 6.54 Å². The number of benzene rings is 1. The highest BCUT2D eigenvalue weighted by Crippen LogP contribution is 2.33. The molecule has 1 N–H and O–H groups in total. The highest BCUT2D eigenvalue weighted by Gasteiger charge is 2.31. The first-order valence-corrected chi connectivity index (χ1v) is 4.89. The Morgan fingerprint density at radius 1 is 1.33 bits per heavy atom. The van der Waals surface area contributed by atoms with Crippen molar-refractivity contribution >= 4 is 0 Å². The van der Waals surface area contributed by atoms with Gasteiger partial charge in [0.2, 0.25) is 0 Å². The first kappa shape index (κ1) is 10.5. The largest absolute Gasteiger partial charge is 0.416 e. The van der Waals surface area contributed by atoms with Crippen molar-refractivity contribution in [3.8, 4) is 0 Å². The van der Waals surface area contributed by atoms with E-state index in [-0.39, 0.29) is 5.92 Å². The number of halogens is 3. The van der Waals surface area contributed by atoms with E-state index < -0.39 is 11.7 Å². The van der Waals surface area contributed by atoms with E-state index in [9.17, 15) is 13.2 Å². The maximum atomic E-state index is 12.5. The molecule has 1 heterocycles. The Labute approximate surface area is 86.3 Å². The summed E-state index contributed by atoms with van der Waals surface area (Å²) in [6.45, 7) is 3.34. The Balaban J connectivity index is 2.44. The second-order valence-corrected chi connectivity index (χ2v) is 3.94. The highest BCUT2D eigenvalue weighted by atomic mass is 19.4. The summed E-state index contributed by atoms with van der Waals surface area (Å²) >= 11 is 0. The predicted molar refractivity (Wildman–Crippen MR) is 51.6 cm³/mol. The van der Waals surface area contributed by atoms with Gasteiger partial charge in [0.05, 0.1) is 5.56 Å². The predicted octanol–water partition coefficient (Wildman–Crippen LogP) is 2.91. The smallest absolute Gasteiger partial charge is 0.312 e. The highest BCUT2D eigenvalue weighted by molar-refractivity contribution is 5.37. The molecular weight excluding hydrogens is 203 g/mol. The third-order valence-corrected chi connectivity index (χ3v) is 2.77. The maximum Gasteiger partial charge on any atom is 0.416 e. The molecule has 82 valence electrons. The molecule has 0 aromatic heterocycles. The minimum Gasteiger partial charge on any atom is -0.312 e. The van der Waals surface area contributed by atoms with Crippen molar-refractivity contribution in [2.24, 2.45) is 0 Å². The van der Waals surface area contributed by atoms with E-state index in [1.54, 1.807) is 6.07 Å². The lowest BCUT2D eigenvalue weighted by atomic mass is 9.90. The number of rotatable bonds is 0. The van der Waals surface area contributed by atoms with Gasteiger partial charge in [0.25, 0.3) is 0 Å². The van der Waals surface area contributed by atoms with Crippen LogP contribution in [0.15, 0.2) is 18.2 Å². The van der Waals surface area contributed by atoms with Crippen molar-refractivity contribution < 1.29 is 13.2 Å². The van der Waals surface area contributed by atoms with E-state index in [4.69, 9.17) is 0 Å². The number of fused-ring (bicyclic) bond motifs is 1. The fourth-order valence-corrected chi connectivity index (χ4v) is 1.92. The summed E-state index contributed by atoms with van der Waals surface area (Å²) in [7, 11) is 0. The molecule has 0 bridgehead atoms. The van der Waals surface area contributed by atoms with Gasteiger partial charge < -0.3 is 5.32 Å². The van der Waals surface area contributed by atoms with Crippen LogP contribution in [0.5, 0.6) is 0 Å². The summed E-state index contributed by atoms with van der Waals surface area (Å²) in [5, 5.41) is 3.17. The van der Waals surface area contributed by atoms with Gasteiger partial charge in [-0.15, -0.1) is 0 Å². The summed E-state index contributed by atoms with van der Waals surface area (Å²) in [6, 6.07) is 4.00. The van der Waals surface area contributed by atoms with Crippen LogP contribution < -0.4 is 5.32 Å². The lowest BCUT2D eigenvalue weighted by Gasteiger charge is -2.24. The molecule has 0 spiro atoms. The molecule has 0 radical (unpaired) electrons. The lowest BCUT2D eigenvalue weighted by molar-refractivity contribution is -0.137. The topological polar surface area (TPSA) is 12.0 Å². The second-order valence-electron chi connectivity index (χ2n) is 3.94. The Hall–Kier alpha value is -1.03. The van der Waals surface area contributed by atoms with Gasteiger partial charge in [-0.05, 0) is 29.2 Å². The van der Waals surface area contributed by atoms with E-state index in [1.807, 2.05) is 6.92 Å². The van der Waals surface area contributed by atoms with Crippen molar-refractivity contribution in [1.29, 1.82) is 0 Å². The molecular formula is C11H12F3N. The monoisotopic (exact) mass is 215 g/mol. The first-order valence-electron chi connectivity index (χ1n) is 4.89. The Morgan fingerprint density at radius 2 is 2.07 bits per heavy atom. The van der Waals surface area contributed by atoms with Crippen LogP contribution in [0, 0.1) is 0 Å². The molecule has 2 rings (SSSR count). The Morgan fingerprint density at radius 3 is 2.73 bits per heavy atom. The zero-order valence-electron chi connectivity index (χ0n) is 8.36. The molecule has 1 atom stereocenters. The van der Waals surface area contributed by atoms with E-state index in [0.717, 1.165) is 23.7 Å². The van der Waals surface area contributed by atoms with Crippen LogP contribution in [0.3, 0.4) is 0 Å². The van der Waals surface area contributed by atoms with Crippen LogP contribution >= 0.6 is 0 Å². The van der Waals surface area contributed by atoms with Gasteiger partial charge in [-0.25, -0.2) is 0 Å². The van der Waals surface area contributed by atoms with Crippen molar-refractivity contribution in [2.45, 2.75) is 25.6 Å². The van der Waals surface area contributed by atoms with Gasteiger partial charge in [0.1, 0.15) is 0 Å². The fraction of sp³-hybridized carbons (Fsp3) is 0.455. The Bertz CT molecular complexity index is 371. The molecule has 0 aliphatic carbocycles. The molecule has 4 heteroatoms. The lowest BCUT2D eigenvalue weighted by Crippen LogP contribution is -2.27. The third kappa shape index (κ3) is 2.00. The number of hydrogen-bond donors (Lipinski definition) is 1. The first-order chi connectivity index (χ1) is 6.98. The van der Waals surface area contributed by atoms with Crippen molar-refractivity contribution in [3.63, 3.8) is 0 Å². The van der Waals surface area contributed by atoms with Gasteiger partial charge in [-0.2, -0.15) is 13.2 Å². The van der Waals surface area contributed by atoms with Crippen molar-refractivity contribution in [1.82, 2.24) is 5.32 Å². The van der Waals surface area contributed by atoms with Gasteiger partial charge in [0.15, 0.2) is 0 Å². The van der Waals surface area contributed by atoms with Gasteiger partial charge in [-0.1, -0.05) is 13.0 Å². The van der Waals surface area contributed by atoms with Gasteiger partial charge >= 0.3 is 6.18 Å². The number of nitrogens with one attached hydrogen (secondary N) is 1. The zero-order valence-corrected chi connectivity index (χ0v) is 8.36. The molecule has 1 aliphatic rings. The van der Waals surface area contributed by atoms with E-state index in [1.165, 1.54) is 6.07 Å². The van der Waals surface area contributed by atoms with Crippen LogP contribution in [0.1, 0.15) is 29.5 Å². The SMILES string of the molecule is C[C@H]1CNCc2ccc(C(F)(F)F)cc21. The Kier molecular flexibility index (Phi) is 2.46. The van der Waals surface area contributed by atoms with E-state index in [2.05, 4.69) is 5.32 Å². The van der Waals surface area contributed by atoms with Crippen molar-refractivity contribution in [3.05, 3.63) is 34.9 Å². The van der Waals surface area contributed by atoms with Crippen LogP contribution in [-0.4, -0.2) is 6.54 Å². The summed E-state index contributed by atoms with van der Waals surface area (Å²) in [5.41, 5.74) is 1.25. The van der Waals surface area contributed by atoms with Gasteiger partial charge in [-0.3, -0.25) is 0 Å². The molecule has 0 fully saturated rings. The van der Waals surface area contributed by atoms with Gasteiger partial charge in [0, 0.05) is 13.1 Å². The summed E-state index contributed by atoms with van der Waals surface area (Å²) in [4.78, 5) is 0. The van der Waals surface area contributed by atoms with Crippen LogP contribution in [-0.2, 0) is 12.7 Å². The molecule has 0 saturated heterocycles. The normalized spacial score (nSPS) is 21.2. The van der Waals surface area contributed by atoms with Crippen molar-refractivity contribution in [2.75, 3.05) is 6.54 Å². The molecule has 1 aromatic carbocycles. The quantitative estimate of drug-likeness (QED) is 0.701. The molecule has 1 aromatic rings. The summed E-state index contributed by atoms with van der Waals surface area (Å²) < 4.78 is 37.4. The minimum absolute atomic E-state index is 0.149. The average Bonchev–Trinajstić information content (AvgIpc) is 2.16. The molecule has 0 saturated carbocycles. The number of hydrogen-bond acceptors (Lipinski definition) is 1. The second kappa shape index (κ2) is 3.52. The summed E-state index contributed by atoms with van der Waals surface area (Å²) in [5.74, 6) is 0.149. The summed E-state index contributed by atoms with van der Waals surface area (Å²) in [6.07, 6.45) is -4.24. The average molecular weight is 215 g/mol. The third-order valence-electron chi connectivity index (χ3n) is 2.77. The van der Waals surface area contributed by atoms with Crippen LogP contribution in [0.25, 0.3) is 0 Å². The van der Waals surface area contributed by atoms with Crippen LogP contribution in [0.2, 0.25) is 0 Å². The number of alkyl halides is 3. The van der Waals surface area contributed by atoms with E-state index >= 15 is 0 Å². The molecule has 0 unspecified atom stereocenters. The molecule has 15 heavy (non-hydrogen) atoms. The zero-order chi connectivity index (χ0) is 11.1. The standard InChI is InChI=1S/C11H12F3N/c1-7-5-15-6-8-2-3-9(4-10(7)8)11(12,13)14/h2-4,7,15H,5-6H2,1H3/t7-/m0/s1. The molecule has 1 nitrogen and oxygen atoms in total. The fourth-order valence-electron chi connectivity index (χ4n) is 1.92. The molecule has 1 aliphatic heterocycles. The van der Waals surface area contributed by atoms with Crippen LogP contribution in [0.4, 0.5) is 13.2 Å².